The van der Waals surface area contributed by atoms with Crippen molar-refractivity contribution < 1.29 is 5.11 Å². The second-order valence-corrected chi connectivity index (χ2v) is 6.69. The van der Waals surface area contributed by atoms with Gasteiger partial charge in [0.1, 0.15) is 0 Å². The van der Waals surface area contributed by atoms with Gasteiger partial charge in [-0.3, -0.25) is 0 Å². The number of thiazole rings is 1. The fourth-order valence-electron chi connectivity index (χ4n) is 1.23. The molecule has 2 rings (SSSR count). The Morgan fingerprint density at radius 2 is 2.07 bits per heavy atom. The van der Waals surface area contributed by atoms with Crippen LogP contribution in [-0.4, -0.2) is 34.7 Å². The lowest BCUT2D eigenvalue weighted by atomic mass is 10.5. The molecule has 3 nitrogen and oxygen atoms in total. The third kappa shape index (κ3) is 2.56. The second kappa shape index (κ2) is 5.25. The number of hydrogen-bond donors (Lipinski definition) is 1. The molecule has 1 aromatic heterocycles. The van der Waals surface area contributed by atoms with Crippen molar-refractivity contribution in [3.8, 4) is 0 Å². The van der Waals surface area contributed by atoms with Crippen molar-refractivity contribution in [2.45, 2.75) is 6.61 Å². The van der Waals surface area contributed by atoms with Gasteiger partial charge >= 0.3 is 0 Å². The summed E-state index contributed by atoms with van der Waals surface area (Å²) in [4.78, 5) is 7.57. The standard InChI is InChI=1S/C8H12N2OS3/c11-6-7-5-9-8(14-7)10-1-3-12-13-4-2-10/h5,11H,1-4,6H2. The molecule has 0 aromatic carbocycles. The largest absolute Gasteiger partial charge is 0.391 e. The Bertz CT molecular complexity index is 284. The van der Waals surface area contributed by atoms with E-state index in [0.717, 1.165) is 34.6 Å². The monoisotopic (exact) mass is 248 g/mol. The maximum atomic E-state index is 8.95. The normalized spacial score (nSPS) is 18.2. The summed E-state index contributed by atoms with van der Waals surface area (Å²) >= 11 is 1.59. The molecule has 0 saturated carbocycles. The van der Waals surface area contributed by atoms with Gasteiger partial charge in [0, 0.05) is 30.8 Å². The van der Waals surface area contributed by atoms with E-state index >= 15 is 0 Å². The van der Waals surface area contributed by atoms with Gasteiger partial charge in [-0.2, -0.15) is 0 Å². The minimum atomic E-state index is 0.106. The van der Waals surface area contributed by atoms with Crippen LogP contribution >= 0.6 is 32.9 Å². The third-order valence-electron chi connectivity index (χ3n) is 1.94. The zero-order chi connectivity index (χ0) is 9.80. The van der Waals surface area contributed by atoms with Gasteiger partial charge in [0.25, 0.3) is 0 Å². The summed E-state index contributed by atoms with van der Waals surface area (Å²) < 4.78 is 0. The molecule has 2 heterocycles. The molecular weight excluding hydrogens is 236 g/mol. The highest BCUT2D eigenvalue weighted by Gasteiger charge is 2.13. The second-order valence-electron chi connectivity index (χ2n) is 2.90. The van der Waals surface area contributed by atoms with Crippen molar-refractivity contribution in [2.24, 2.45) is 0 Å². The number of aliphatic hydroxyl groups excluding tert-OH is 1. The van der Waals surface area contributed by atoms with Gasteiger partial charge in [0.15, 0.2) is 5.13 Å². The topological polar surface area (TPSA) is 36.4 Å². The molecule has 1 saturated heterocycles. The quantitative estimate of drug-likeness (QED) is 0.808. The van der Waals surface area contributed by atoms with E-state index in [-0.39, 0.29) is 6.61 Å². The minimum Gasteiger partial charge on any atom is -0.391 e. The Morgan fingerprint density at radius 3 is 2.64 bits per heavy atom. The van der Waals surface area contributed by atoms with Gasteiger partial charge in [-0.25, -0.2) is 4.98 Å². The van der Waals surface area contributed by atoms with E-state index in [1.807, 2.05) is 21.6 Å². The van der Waals surface area contributed by atoms with Crippen molar-refractivity contribution >= 4 is 38.1 Å². The summed E-state index contributed by atoms with van der Waals surface area (Å²) in [6, 6.07) is 0. The first kappa shape index (κ1) is 10.6. The van der Waals surface area contributed by atoms with Crippen molar-refractivity contribution in [3.63, 3.8) is 0 Å². The van der Waals surface area contributed by atoms with Crippen molar-refractivity contribution in [1.29, 1.82) is 0 Å². The molecule has 0 spiro atoms. The van der Waals surface area contributed by atoms with Gasteiger partial charge in [0.2, 0.25) is 0 Å². The molecule has 1 aliphatic rings. The predicted molar refractivity (Wildman–Crippen MR) is 65.2 cm³/mol. The Hall–Kier alpha value is 0.0900. The number of aliphatic hydroxyl groups is 1. The number of aromatic nitrogens is 1. The number of anilines is 1. The smallest absolute Gasteiger partial charge is 0.185 e. The number of nitrogens with zero attached hydrogens (tertiary/aromatic N) is 2. The highest BCUT2D eigenvalue weighted by Crippen LogP contribution is 2.28. The molecule has 6 heteroatoms. The first-order chi connectivity index (χ1) is 6.90. The minimum absolute atomic E-state index is 0.106. The van der Waals surface area contributed by atoms with Crippen LogP contribution in [0.5, 0.6) is 0 Å². The third-order valence-corrected chi connectivity index (χ3v) is 5.35. The van der Waals surface area contributed by atoms with Gasteiger partial charge in [-0.05, 0) is 0 Å². The van der Waals surface area contributed by atoms with Crippen LogP contribution in [0.2, 0.25) is 0 Å². The van der Waals surface area contributed by atoms with E-state index in [1.54, 1.807) is 17.5 Å². The SMILES string of the molecule is OCc1cnc(N2CCSSCC2)s1. The molecule has 0 atom stereocenters. The zero-order valence-electron chi connectivity index (χ0n) is 7.68. The van der Waals surface area contributed by atoms with Crippen molar-refractivity contribution in [1.82, 2.24) is 4.98 Å². The van der Waals surface area contributed by atoms with E-state index in [0.29, 0.717) is 0 Å². The fourth-order valence-corrected chi connectivity index (χ4v) is 4.03. The molecule has 0 aliphatic carbocycles. The zero-order valence-corrected chi connectivity index (χ0v) is 10.1. The summed E-state index contributed by atoms with van der Waals surface area (Å²) in [6.45, 7) is 2.24. The molecule has 0 radical (unpaired) electrons. The van der Waals surface area contributed by atoms with Crippen LogP contribution in [0, 0.1) is 0 Å². The van der Waals surface area contributed by atoms with E-state index in [9.17, 15) is 0 Å². The summed E-state index contributed by atoms with van der Waals surface area (Å²) in [5.41, 5.74) is 0. The molecule has 1 N–H and O–H groups in total. The molecule has 0 bridgehead atoms. The van der Waals surface area contributed by atoms with Crippen LogP contribution in [-0.2, 0) is 6.61 Å². The molecule has 1 fully saturated rings. The summed E-state index contributed by atoms with van der Waals surface area (Å²) in [5, 5.41) is 10.0. The molecule has 0 unspecified atom stereocenters. The summed E-state index contributed by atoms with van der Waals surface area (Å²) in [7, 11) is 3.86. The van der Waals surface area contributed by atoms with E-state index in [4.69, 9.17) is 5.11 Å². The Balaban J connectivity index is 2.04. The lowest BCUT2D eigenvalue weighted by Gasteiger charge is -2.17. The molecule has 0 amide bonds. The van der Waals surface area contributed by atoms with Crippen LogP contribution in [0.1, 0.15) is 4.88 Å². The fraction of sp³-hybridized carbons (Fsp3) is 0.625. The Labute approximate surface area is 95.3 Å². The molecule has 1 aromatic rings. The summed E-state index contributed by atoms with van der Waals surface area (Å²) in [5.74, 6) is 2.30. The highest BCUT2D eigenvalue weighted by atomic mass is 33.1. The van der Waals surface area contributed by atoms with Crippen LogP contribution in [0.25, 0.3) is 0 Å². The van der Waals surface area contributed by atoms with Gasteiger partial charge in [0.05, 0.1) is 11.5 Å². The highest BCUT2D eigenvalue weighted by molar-refractivity contribution is 8.76. The average molecular weight is 248 g/mol. The van der Waals surface area contributed by atoms with Gasteiger partial charge in [-0.1, -0.05) is 32.9 Å². The molecule has 1 aliphatic heterocycles. The van der Waals surface area contributed by atoms with Crippen LogP contribution in [0.4, 0.5) is 5.13 Å². The van der Waals surface area contributed by atoms with Gasteiger partial charge < -0.3 is 10.0 Å². The first-order valence-corrected chi connectivity index (χ1v) is 7.75. The summed E-state index contributed by atoms with van der Waals surface area (Å²) in [6.07, 6.45) is 1.77. The Morgan fingerprint density at radius 1 is 1.36 bits per heavy atom. The van der Waals surface area contributed by atoms with E-state index < -0.39 is 0 Å². The lowest BCUT2D eigenvalue weighted by molar-refractivity contribution is 0.285. The van der Waals surface area contributed by atoms with E-state index in [2.05, 4.69) is 9.88 Å². The van der Waals surface area contributed by atoms with Crippen molar-refractivity contribution in [3.05, 3.63) is 11.1 Å². The van der Waals surface area contributed by atoms with Gasteiger partial charge in [-0.15, -0.1) is 0 Å². The van der Waals surface area contributed by atoms with Crippen molar-refractivity contribution in [2.75, 3.05) is 29.5 Å². The first-order valence-electron chi connectivity index (χ1n) is 4.45. The van der Waals surface area contributed by atoms with Crippen LogP contribution < -0.4 is 4.90 Å². The molecular formula is C8H12N2OS3. The number of hydrogen-bond acceptors (Lipinski definition) is 6. The van der Waals surface area contributed by atoms with Crippen LogP contribution in [0.3, 0.4) is 0 Å². The maximum absolute atomic E-state index is 8.95. The number of rotatable bonds is 2. The van der Waals surface area contributed by atoms with E-state index in [1.165, 1.54) is 0 Å². The lowest BCUT2D eigenvalue weighted by Crippen LogP contribution is -2.26. The molecule has 14 heavy (non-hydrogen) atoms. The molecule has 78 valence electrons. The predicted octanol–water partition coefficient (Wildman–Crippen LogP) is 1.84. The maximum Gasteiger partial charge on any atom is 0.185 e. The average Bonchev–Trinajstić information content (AvgIpc) is 2.53. The Kier molecular flexibility index (Phi) is 3.98. The van der Waals surface area contributed by atoms with Crippen LogP contribution in [0.15, 0.2) is 6.20 Å².